The van der Waals surface area contributed by atoms with Crippen molar-refractivity contribution in [2.24, 2.45) is 17.6 Å². The van der Waals surface area contributed by atoms with E-state index in [-0.39, 0.29) is 17.9 Å². The largest absolute Gasteiger partial charge is 0.377 e. The monoisotopic (exact) mass is 228 g/mol. The maximum atomic E-state index is 11.9. The van der Waals surface area contributed by atoms with Crippen LogP contribution in [0.5, 0.6) is 0 Å². The third-order valence-corrected chi connectivity index (χ3v) is 3.23. The summed E-state index contributed by atoms with van der Waals surface area (Å²) in [5.74, 6) is 0.652. The number of nitrogens with two attached hydrogens (primary N) is 1. The van der Waals surface area contributed by atoms with E-state index < -0.39 is 0 Å². The molecule has 1 rings (SSSR count). The Hall–Kier alpha value is -0.610. The second kappa shape index (κ2) is 6.86. The molecule has 1 fully saturated rings. The predicted molar refractivity (Wildman–Crippen MR) is 64.0 cm³/mol. The van der Waals surface area contributed by atoms with Gasteiger partial charge in [0.1, 0.15) is 0 Å². The minimum Gasteiger partial charge on any atom is -0.377 e. The summed E-state index contributed by atoms with van der Waals surface area (Å²) in [4.78, 5) is 11.9. The van der Waals surface area contributed by atoms with Crippen LogP contribution < -0.4 is 11.1 Å². The molecule has 3 N–H and O–H groups in total. The van der Waals surface area contributed by atoms with Gasteiger partial charge in [-0.15, -0.1) is 0 Å². The van der Waals surface area contributed by atoms with Gasteiger partial charge in [0.15, 0.2) is 0 Å². The van der Waals surface area contributed by atoms with Gasteiger partial charge in [-0.05, 0) is 31.7 Å². The highest BCUT2D eigenvalue weighted by molar-refractivity contribution is 5.79. The van der Waals surface area contributed by atoms with Crippen LogP contribution in [0.1, 0.15) is 33.1 Å². The van der Waals surface area contributed by atoms with Crippen LogP contribution in [0.4, 0.5) is 0 Å². The Morgan fingerprint density at radius 2 is 2.38 bits per heavy atom. The van der Waals surface area contributed by atoms with Gasteiger partial charge in [-0.1, -0.05) is 13.8 Å². The van der Waals surface area contributed by atoms with Crippen LogP contribution in [0.15, 0.2) is 0 Å². The summed E-state index contributed by atoms with van der Waals surface area (Å²) >= 11 is 0. The van der Waals surface area contributed by atoms with Crippen LogP contribution in [0.25, 0.3) is 0 Å². The highest BCUT2D eigenvalue weighted by atomic mass is 16.5. The van der Waals surface area contributed by atoms with Gasteiger partial charge in [0.25, 0.3) is 0 Å². The van der Waals surface area contributed by atoms with Crippen molar-refractivity contribution in [1.82, 2.24) is 5.32 Å². The smallest absolute Gasteiger partial charge is 0.225 e. The van der Waals surface area contributed by atoms with E-state index in [0.717, 1.165) is 32.4 Å². The third kappa shape index (κ3) is 3.76. The third-order valence-electron chi connectivity index (χ3n) is 3.23. The summed E-state index contributed by atoms with van der Waals surface area (Å²) in [7, 11) is 0. The van der Waals surface area contributed by atoms with E-state index in [1.54, 1.807) is 0 Å². The van der Waals surface area contributed by atoms with Gasteiger partial charge < -0.3 is 15.8 Å². The van der Waals surface area contributed by atoms with Crippen LogP contribution in [-0.2, 0) is 9.53 Å². The van der Waals surface area contributed by atoms with E-state index in [2.05, 4.69) is 19.2 Å². The first kappa shape index (κ1) is 13.5. The fourth-order valence-corrected chi connectivity index (χ4v) is 2.14. The first-order valence-electron chi connectivity index (χ1n) is 6.28. The number of ether oxygens (including phenoxy) is 1. The van der Waals surface area contributed by atoms with Crippen molar-refractivity contribution in [3.8, 4) is 0 Å². The maximum absolute atomic E-state index is 11.9. The average molecular weight is 228 g/mol. The lowest BCUT2D eigenvalue weighted by Gasteiger charge is -2.18. The minimum atomic E-state index is 0.0510. The van der Waals surface area contributed by atoms with E-state index in [4.69, 9.17) is 10.5 Å². The lowest BCUT2D eigenvalue weighted by atomic mass is 9.98. The van der Waals surface area contributed by atoms with E-state index >= 15 is 0 Å². The maximum Gasteiger partial charge on any atom is 0.225 e. The number of carbonyl (C=O) groups is 1. The average Bonchev–Trinajstić information content (AvgIpc) is 2.74. The molecule has 0 aromatic carbocycles. The molecule has 16 heavy (non-hydrogen) atoms. The summed E-state index contributed by atoms with van der Waals surface area (Å²) < 4.78 is 5.51. The quantitative estimate of drug-likeness (QED) is 0.710. The number of amides is 1. The Bertz CT molecular complexity index is 221. The first-order chi connectivity index (χ1) is 7.69. The van der Waals surface area contributed by atoms with Crippen molar-refractivity contribution in [1.29, 1.82) is 0 Å². The Morgan fingerprint density at radius 1 is 1.62 bits per heavy atom. The highest BCUT2D eigenvalue weighted by Crippen LogP contribution is 2.23. The van der Waals surface area contributed by atoms with Crippen LogP contribution in [-0.4, -0.2) is 31.7 Å². The standard InChI is InChI=1S/C12H24N2O2/c1-3-11-10(5-7-16-11)12(15)14-8-9(2)4-6-13/h9-11H,3-8,13H2,1-2H3,(H,14,15). The molecule has 1 amide bonds. The van der Waals surface area contributed by atoms with Gasteiger partial charge in [-0.2, -0.15) is 0 Å². The summed E-state index contributed by atoms with van der Waals surface area (Å²) in [6.45, 7) is 6.29. The molecular weight excluding hydrogens is 204 g/mol. The van der Waals surface area contributed by atoms with Gasteiger partial charge in [0, 0.05) is 13.2 Å². The van der Waals surface area contributed by atoms with E-state index in [1.165, 1.54) is 0 Å². The molecule has 4 nitrogen and oxygen atoms in total. The van der Waals surface area contributed by atoms with Gasteiger partial charge >= 0.3 is 0 Å². The number of hydrogen-bond acceptors (Lipinski definition) is 3. The normalized spacial score (nSPS) is 26.7. The summed E-state index contributed by atoms with van der Waals surface area (Å²) in [5.41, 5.74) is 5.47. The molecule has 0 aliphatic carbocycles. The van der Waals surface area contributed by atoms with Gasteiger partial charge in [0.05, 0.1) is 12.0 Å². The molecule has 1 saturated heterocycles. The Kier molecular flexibility index (Phi) is 5.77. The molecule has 1 aliphatic heterocycles. The molecule has 0 aromatic heterocycles. The number of hydrogen-bond donors (Lipinski definition) is 2. The molecule has 0 aromatic rings. The van der Waals surface area contributed by atoms with Gasteiger partial charge in [-0.25, -0.2) is 0 Å². The fourth-order valence-electron chi connectivity index (χ4n) is 2.14. The molecule has 0 saturated carbocycles. The van der Waals surface area contributed by atoms with Gasteiger partial charge in [0.2, 0.25) is 5.91 Å². The zero-order valence-electron chi connectivity index (χ0n) is 10.4. The molecule has 3 atom stereocenters. The van der Waals surface area contributed by atoms with Crippen molar-refractivity contribution in [2.45, 2.75) is 39.2 Å². The van der Waals surface area contributed by atoms with E-state index in [9.17, 15) is 4.79 Å². The van der Waals surface area contributed by atoms with Crippen molar-refractivity contribution >= 4 is 5.91 Å². The lowest BCUT2D eigenvalue weighted by molar-refractivity contribution is -0.126. The summed E-state index contributed by atoms with van der Waals surface area (Å²) in [6.07, 6.45) is 2.84. The summed E-state index contributed by atoms with van der Waals surface area (Å²) in [5, 5.41) is 3.00. The van der Waals surface area contributed by atoms with Crippen LogP contribution >= 0.6 is 0 Å². The van der Waals surface area contributed by atoms with Crippen molar-refractivity contribution in [2.75, 3.05) is 19.7 Å². The molecule has 0 bridgehead atoms. The minimum absolute atomic E-state index is 0.0510. The molecule has 0 radical (unpaired) electrons. The number of carbonyl (C=O) groups excluding carboxylic acids is 1. The molecule has 4 heteroatoms. The van der Waals surface area contributed by atoms with Crippen molar-refractivity contribution in [3.05, 3.63) is 0 Å². The topological polar surface area (TPSA) is 64.3 Å². The SMILES string of the molecule is CCC1OCCC1C(=O)NCC(C)CCN. The Labute approximate surface area is 97.9 Å². The fraction of sp³-hybridized carbons (Fsp3) is 0.917. The van der Waals surface area contributed by atoms with Crippen LogP contribution in [0.2, 0.25) is 0 Å². The van der Waals surface area contributed by atoms with Crippen LogP contribution in [0, 0.1) is 11.8 Å². The molecular formula is C12H24N2O2. The summed E-state index contributed by atoms with van der Waals surface area (Å²) in [6, 6.07) is 0. The van der Waals surface area contributed by atoms with Crippen molar-refractivity contribution < 1.29 is 9.53 Å². The second-order valence-electron chi connectivity index (χ2n) is 4.64. The molecule has 1 aliphatic rings. The number of nitrogens with one attached hydrogen (secondary N) is 1. The first-order valence-corrected chi connectivity index (χ1v) is 6.28. The zero-order chi connectivity index (χ0) is 12.0. The molecule has 3 unspecified atom stereocenters. The Balaban J connectivity index is 2.29. The molecule has 94 valence electrons. The number of rotatable bonds is 6. The Morgan fingerprint density at radius 3 is 3.00 bits per heavy atom. The molecule has 0 spiro atoms. The van der Waals surface area contributed by atoms with E-state index in [0.29, 0.717) is 12.5 Å². The van der Waals surface area contributed by atoms with Crippen molar-refractivity contribution in [3.63, 3.8) is 0 Å². The lowest BCUT2D eigenvalue weighted by Crippen LogP contribution is -2.37. The van der Waals surface area contributed by atoms with Crippen LogP contribution in [0.3, 0.4) is 0 Å². The van der Waals surface area contributed by atoms with Gasteiger partial charge in [-0.3, -0.25) is 4.79 Å². The molecule has 1 heterocycles. The predicted octanol–water partition coefficient (Wildman–Crippen LogP) is 0.903. The zero-order valence-corrected chi connectivity index (χ0v) is 10.4. The second-order valence-corrected chi connectivity index (χ2v) is 4.64. The van der Waals surface area contributed by atoms with E-state index in [1.807, 2.05) is 0 Å². The highest BCUT2D eigenvalue weighted by Gasteiger charge is 2.32.